The SMILES string of the molecule is CNC(CCc1ccnn1C)c1ncccc1Cl. The lowest BCUT2D eigenvalue weighted by Gasteiger charge is -2.16. The van der Waals surface area contributed by atoms with Crippen LogP contribution in [0.15, 0.2) is 30.6 Å². The Labute approximate surface area is 112 Å². The van der Waals surface area contributed by atoms with Gasteiger partial charge in [-0.1, -0.05) is 11.6 Å². The van der Waals surface area contributed by atoms with E-state index in [2.05, 4.69) is 15.4 Å². The molecule has 1 N–H and O–H groups in total. The Morgan fingerprint density at radius 3 is 2.83 bits per heavy atom. The zero-order chi connectivity index (χ0) is 13.0. The molecule has 1 atom stereocenters. The van der Waals surface area contributed by atoms with E-state index >= 15 is 0 Å². The number of aromatic nitrogens is 3. The molecular weight excluding hydrogens is 248 g/mol. The molecule has 0 amide bonds. The highest BCUT2D eigenvalue weighted by molar-refractivity contribution is 6.31. The Balaban J connectivity index is 2.07. The number of nitrogens with one attached hydrogen (secondary N) is 1. The number of halogens is 1. The van der Waals surface area contributed by atoms with Crippen LogP contribution in [0.5, 0.6) is 0 Å². The average Bonchev–Trinajstić information content (AvgIpc) is 2.78. The number of hydrogen-bond acceptors (Lipinski definition) is 3. The molecule has 0 spiro atoms. The highest BCUT2D eigenvalue weighted by Gasteiger charge is 2.14. The van der Waals surface area contributed by atoms with E-state index in [4.69, 9.17) is 11.6 Å². The predicted octanol–water partition coefficient (Wildman–Crippen LogP) is 2.36. The standard InChI is InChI=1S/C13H17ClN4/c1-15-12(13-11(14)4-3-8-16-13)6-5-10-7-9-17-18(10)2/h3-4,7-9,12,15H,5-6H2,1-2H3. The van der Waals surface area contributed by atoms with Gasteiger partial charge in [-0.3, -0.25) is 9.67 Å². The van der Waals surface area contributed by atoms with E-state index in [1.54, 1.807) is 6.20 Å². The van der Waals surface area contributed by atoms with Gasteiger partial charge in [-0.2, -0.15) is 5.10 Å². The quantitative estimate of drug-likeness (QED) is 0.902. The second kappa shape index (κ2) is 5.98. The van der Waals surface area contributed by atoms with E-state index in [0.717, 1.165) is 18.5 Å². The lowest BCUT2D eigenvalue weighted by atomic mass is 10.1. The van der Waals surface area contributed by atoms with E-state index in [9.17, 15) is 0 Å². The van der Waals surface area contributed by atoms with Crippen molar-refractivity contribution in [3.05, 3.63) is 47.0 Å². The molecule has 0 radical (unpaired) electrons. The van der Waals surface area contributed by atoms with Gasteiger partial charge in [0, 0.05) is 25.1 Å². The first-order valence-electron chi connectivity index (χ1n) is 5.97. The molecule has 2 heterocycles. The molecule has 2 aromatic heterocycles. The maximum Gasteiger partial charge on any atom is 0.0758 e. The lowest BCUT2D eigenvalue weighted by molar-refractivity contribution is 0.524. The molecule has 4 nitrogen and oxygen atoms in total. The summed E-state index contributed by atoms with van der Waals surface area (Å²) >= 11 is 6.17. The molecule has 0 aromatic carbocycles. The van der Waals surface area contributed by atoms with Gasteiger partial charge in [0.15, 0.2) is 0 Å². The zero-order valence-corrected chi connectivity index (χ0v) is 11.4. The molecule has 18 heavy (non-hydrogen) atoms. The Bertz CT molecular complexity index is 509. The van der Waals surface area contributed by atoms with Gasteiger partial charge in [0.05, 0.1) is 16.8 Å². The van der Waals surface area contributed by atoms with Crippen molar-refractivity contribution < 1.29 is 0 Å². The van der Waals surface area contributed by atoms with Crippen LogP contribution in [-0.2, 0) is 13.5 Å². The van der Waals surface area contributed by atoms with E-state index in [-0.39, 0.29) is 6.04 Å². The van der Waals surface area contributed by atoms with Crippen molar-refractivity contribution in [1.82, 2.24) is 20.1 Å². The zero-order valence-electron chi connectivity index (χ0n) is 10.6. The third-order valence-corrected chi connectivity index (χ3v) is 3.40. The number of aryl methyl sites for hydroxylation is 2. The topological polar surface area (TPSA) is 42.7 Å². The maximum absolute atomic E-state index is 6.17. The minimum absolute atomic E-state index is 0.161. The van der Waals surface area contributed by atoms with Gasteiger partial charge >= 0.3 is 0 Å². The Hall–Kier alpha value is -1.39. The van der Waals surface area contributed by atoms with Crippen molar-refractivity contribution in [1.29, 1.82) is 0 Å². The third-order valence-electron chi connectivity index (χ3n) is 3.08. The minimum Gasteiger partial charge on any atom is -0.312 e. The highest BCUT2D eigenvalue weighted by atomic mass is 35.5. The largest absolute Gasteiger partial charge is 0.312 e. The fourth-order valence-corrected chi connectivity index (χ4v) is 2.26. The van der Waals surface area contributed by atoms with Crippen molar-refractivity contribution in [2.45, 2.75) is 18.9 Å². The van der Waals surface area contributed by atoms with E-state index in [1.807, 2.05) is 43.2 Å². The number of rotatable bonds is 5. The van der Waals surface area contributed by atoms with Crippen molar-refractivity contribution in [2.75, 3.05) is 7.05 Å². The molecule has 2 rings (SSSR count). The molecular formula is C13H17ClN4. The van der Waals surface area contributed by atoms with Gasteiger partial charge in [-0.05, 0) is 38.1 Å². The van der Waals surface area contributed by atoms with Gasteiger partial charge in [0.2, 0.25) is 0 Å². The Morgan fingerprint density at radius 1 is 1.39 bits per heavy atom. The van der Waals surface area contributed by atoms with Crippen LogP contribution in [0.1, 0.15) is 23.9 Å². The molecule has 0 bridgehead atoms. The molecule has 0 aliphatic heterocycles. The molecule has 0 fully saturated rings. The van der Waals surface area contributed by atoms with Crippen LogP contribution in [0.3, 0.4) is 0 Å². The minimum atomic E-state index is 0.161. The average molecular weight is 265 g/mol. The van der Waals surface area contributed by atoms with E-state index in [1.165, 1.54) is 5.69 Å². The summed E-state index contributed by atoms with van der Waals surface area (Å²) in [4.78, 5) is 4.35. The van der Waals surface area contributed by atoms with Crippen LogP contribution in [0.4, 0.5) is 0 Å². The van der Waals surface area contributed by atoms with Crippen LogP contribution < -0.4 is 5.32 Å². The molecule has 0 saturated carbocycles. The Morgan fingerprint density at radius 2 is 2.22 bits per heavy atom. The summed E-state index contributed by atoms with van der Waals surface area (Å²) in [5.41, 5.74) is 2.12. The summed E-state index contributed by atoms with van der Waals surface area (Å²) in [6.45, 7) is 0. The first kappa shape index (κ1) is 13.1. The van der Waals surface area contributed by atoms with Gasteiger partial charge < -0.3 is 5.32 Å². The summed E-state index contributed by atoms with van der Waals surface area (Å²) < 4.78 is 1.90. The number of nitrogens with zero attached hydrogens (tertiary/aromatic N) is 3. The second-order valence-corrected chi connectivity index (χ2v) is 4.60. The van der Waals surface area contributed by atoms with Crippen LogP contribution in [0.25, 0.3) is 0 Å². The maximum atomic E-state index is 6.17. The predicted molar refractivity (Wildman–Crippen MR) is 72.6 cm³/mol. The normalized spacial score (nSPS) is 12.6. The lowest BCUT2D eigenvalue weighted by Crippen LogP contribution is -2.19. The van der Waals surface area contributed by atoms with Crippen LogP contribution in [0.2, 0.25) is 5.02 Å². The first-order chi connectivity index (χ1) is 8.72. The molecule has 0 aliphatic rings. The number of hydrogen-bond donors (Lipinski definition) is 1. The number of pyridine rings is 1. The van der Waals surface area contributed by atoms with Crippen molar-refractivity contribution in [3.63, 3.8) is 0 Å². The second-order valence-electron chi connectivity index (χ2n) is 4.20. The first-order valence-corrected chi connectivity index (χ1v) is 6.34. The molecule has 2 aromatic rings. The van der Waals surface area contributed by atoms with Gasteiger partial charge in [-0.15, -0.1) is 0 Å². The monoisotopic (exact) mass is 264 g/mol. The van der Waals surface area contributed by atoms with Crippen molar-refractivity contribution in [2.24, 2.45) is 7.05 Å². The summed E-state index contributed by atoms with van der Waals surface area (Å²) in [5.74, 6) is 0. The smallest absolute Gasteiger partial charge is 0.0758 e. The fourth-order valence-electron chi connectivity index (χ4n) is 2.01. The Kier molecular flexibility index (Phi) is 4.33. The fraction of sp³-hybridized carbons (Fsp3) is 0.385. The highest BCUT2D eigenvalue weighted by Crippen LogP contribution is 2.23. The third kappa shape index (κ3) is 2.89. The van der Waals surface area contributed by atoms with Gasteiger partial charge in [0.25, 0.3) is 0 Å². The summed E-state index contributed by atoms with van der Waals surface area (Å²) in [7, 11) is 3.89. The van der Waals surface area contributed by atoms with Gasteiger partial charge in [-0.25, -0.2) is 0 Å². The molecule has 1 unspecified atom stereocenters. The molecule has 0 saturated heterocycles. The summed E-state index contributed by atoms with van der Waals surface area (Å²) in [6.07, 6.45) is 5.47. The van der Waals surface area contributed by atoms with Crippen LogP contribution >= 0.6 is 11.6 Å². The molecule has 0 aliphatic carbocycles. The van der Waals surface area contributed by atoms with Crippen molar-refractivity contribution in [3.8, 4) is 0 Å². The summed E-state index contributed by atoms with van der Waals surface area (Å²) in [5, 5.41) is 8.14. The summed E-state index contributed by atoms with van der Waals surface area (Å²) in [6, 6.07) is 5.92. The van der Waals surface area contributed by atoms with Crippen molar-refractivity contribution >= 4 is 11.6 Å². The van der Waals surface area contributed by atoms with Crippen LogP contribution in [0, 0.1) is 0 Å². The molecule has 5 heteroatoms. The van der Waals surface area contributed by atoms with E-state index in [0.29, 0.717) is 5.02 Å². The van der Waals surface area contributed by atoms with Crippen LogP contribution in [-0.4, -0.2) is 21.8 Å². The molecule has 96 valence electrons. The van der Waals surface area contributed by atoms with E-state index < -0.39 is 0 Å². The van der Waals surface area contributed by atoms with Gasteiger partial charge in [0.1, 0.15) is 0 Å².